The highest BCUT2D eigenvalue weighted by Gasteiger charge is 2.13. The van der Waals surface area contributed by atoms with Gasteiger partial charge in [-0.05, 0) is 33.8 Å². The van der Waals surface area contributed by atoms with Crippen molar-refractivity contribution >= 4 is 12.4 Å². The normalized spacial score (nSPS) is 12.2. The predicted octanol–water partition coefficient (Wildman–Crippen LogP) is 3.26. The van der Waals surface area contributed by atoms with E-state index in [4.69, 9.17) is 0 Å². The monoisotopic (exact) mass is 334 g/mol. The van der Waals surface area contributed by atoms with E-state index in [1.165, 1.54) is 5.69 Å². The van der Waals surface area contributed by atoms with Gasteiger partial charge in [0.25, 0.3) is 0 Å². The van der Waals surface area contributed by atoms with E-state index in [0.29, 0.717) is 0 Å². The first-order chi connectivity index (χ1) is 10.6. The minimum atomic E-state index is 0. The number of nitrogens with zero attached hydrogens (tertiary/aromatic N) is 6. The molecule has 0 radical (unpaired) electrons. The van der Waals surface area contributed by atoms with Crippen LogP contribution in [0.5, 0.6) is 0 Å². The van der Waals surface area contributed by atoms with Gasteiger partial charge in [0.15, 0.2) is 0 Å². The van der Waals surface area contributed by atoms with Crippen LogP contribution in [0, 0.1) is 13.8 Å². The molecule has 0 fully saturated rings. The Morgan fingerprint density at radius 2 is 2.00 bits per heavy atom. The van der Waals surface area contributed by atoms with Crippen molar-refractivity contribution in [1.82, 2.24) is 29.1 Å². The molecule has 3 rings (SSSR count). The van der Waals surface area contributed by atoms with E-state index in [-0.39, 0.29) is 18.4 Å². The highest BCUT2D eigenvalue weighted by atomic mass is 35.5. The van der Waals surface area contributed by atoms with Gasteiger partial charge in [-0.3, -0.25) is 9.36 Å². The summed E-state index contributed by atoms with van der Waals surface area (Å²) in [6, 6.07) is 2.37. The third kappa shape index (κ3) is 3.47. The van der Waals surface area contributed by atoms with Crippen molar-refractivity contribution in [2.24, 2.45) is 0 Å². The molecule has 6 nitrogen and oxygen atoms in total. The zero-order chi connectivity index (χ0) is 15.7. The lowest BCUT2D eigenvalue weighted by atomic mass is 10.2. The van der Waals surface area contributed by atoms with Gasteiger partial charge < -0.3 is 4.57 Å². The Morgan fingerprint density at radius 1 is 1.22 bits per heavy atom. The highest BCUT2D eigenvalue weighted by molar-refractivity contribution is 5.85. The Balaban J connectivity index is 0.00000192. The minimum absolute atomic E-state index is 0. The average Bonchev–Trinajstić information content (AvgIpc) is 3.18. The van der Waals surface area contributed by atoms with Crippen molar-refractivity contribution in [3.63, 3.8) is 0 Å². The Bertz CT molecular complexity index is 769. The lowest BCUT2D eigenvalue weighted by Gasteiger charge is -2.16. The van der Waals surface area contributed by atoms with Gasteiger partial charge >= 0.3 is 0 Å². The third-order valence-electron chi connectivity index (χ3n) is 3.89. The fraction of sp³-hybridized carbons (Fsp3) is 0.438. The molecule has 3 aromatic heterocycles. The summed E-state index contributed by atoms with van der Waals surface area (Å²) in [5.74, 6) is 0. The van der Waals surface area contributed by atoms with E-state index in [9.17, 15) is 0 Å². The number of aryl methyl sites for hydroxylation is 3. The maximum Gasteiger partial charge on any atom is 0.0951 e. The molecule has 0 aliphatic carbocycles. The molecular formula is C16H23ClN6. The second-order valence-electron chi connectivity index (χ2n) is 5.74. The summed E-state index contributed by atoms with van der Waals surface area (Å²) in [4.78, 5) is 4.30. The van der Waals surface area contributed by atoms with E-state index in [1.54, 1.807) is 0 Å². The first kappa shape index (κ1) is 17.3. The molecule has 1 unspecified atom stereocenters. The van der Waals surface area contributed by atoms with E-state index >= 15 is 0 Å². The number of imidazole rings is 1. The van der Waals surface area contributed by atoms with Crippen molar-refractivity contribution in [3.8, 4) is 11.3 Å². The molecule has 0 amide bonds. The van der Waals surface area contributed by atoms with E-state index in [0.717, 1.165) is 30.0 Å². The number of halogens is 1. The molecule has 0 bridgehead atoms. The first-order valence-electron chi connectivity index (χ1n) is 7.64. The molecule has 0 aliphatic heterocycles. The molecule has 0 saturated carbocycles. The Hall–Kier alpha value is -2.08. The Morgan fingerprint density at radius 3 is 2.61 bits per heavy atom. The summed E-state index contributed by atoms with van der Waals surface area (Å²) < 4.78 is 6.17. The number of hydrogen-bond acceptors (Lipinski definition) is 3. The molecule has 23 heavy (non-hydrogen) atoms. The quantitative estimate of drug-likeness (QED) is 0.719. The zero-order valence-electron chi connectivity index (χ0n) is 14.0. The smallest absolute Gasteiger partial charge is 0.0951 e. The van der Waals surface area contributed by atoms with Crippen molar-refractivity contribution in [2.75, 3.05) is 0 Å². The fourth-order valence-electron chi connectivity index (χ4n) is 2.83. The topological polar surface area (TPSA) is 53.5 Å². The van der Waals surface area contributed by atoms with Gasteiger partial charge in [0.1, 0.15) is 0 Å². The van der Waals surface area contributed by atoms with Crippen LogP contribution in [-0.4, -0.2) is 29.1 Å². The summed E-state index contributed by atoms with van der Waals surface area (Å²) in [7, 11) is 0. The van der Waals surface area contributed by atoms with Crippen molar-refractivity contribution in [3.05, 3.63) is 42.4 Å². The van der Waals surface area contributed by atoms with Crippen LogP contribution >= 0.6 is 12.4 Å². The van der Waals surface area contributed by atoms with E-state index < -0.39 is 0 Å². The number of aromatic nitrogens is 6. The highest BCUT2D eigenvalue weighted by Crippen LogP contribution is 2.21. The van der Waals surface area contributed by atoms with Crippen LogP contribution in [0.15, 0.2) is 31.0 Å². The summed E-state index contributed by atoms with van der Waals surface area (Å²) in [6.07, 6.45) is 7.72. The fourth-order valence-corrected chi connectivity index (χ4v) is 2.83. The minimum Gasteiger partial charge on any atom is -0.328 e. The second kappa shape index (κ2) is 7.00. The second-order valence-corrected chi connectivity index (χ2v) is 5.74. The van der Waals surface area contributed by atoms with Crippen LogP contribution < -0.4 is 0 Å². The van der Waals surface area contributed by atoms with Gasteiger partial charge in [-0.1, -0.05) is 0 Å². The largest absolute Gasteiger partial charge is 0.328 e. The number of rotatable bonds is 5. The van der Waals surface area contributed by atoms with Gasteiger partial charge in [-0.25, -0.2) is 4.98 Å². The molecule has 0 aromatic carbocycles. The lowest BCUT2D eigenvalue weighted by Crippen LogP contribution is -2.15. The van der Waals surface area contributed by atoms with Gasteiger partial charge in [-0.15, -0.1) is 12.4 Å². The van der Waals surface area contributed by atoms with Gasteiger partial charge in [0.2, 0.25) is 0 Å². The number of hydrogen-bond donors (Lipinski definition) is 0. The maximum atomic E-state index is 4.58. The summed E-state index contributed by atoms with van der Waals surface area (Å²) in [5.41, 5.74) is 4.43. The Kier molecular flexibility index (Phi) is 5.26. The molecule has 0 aliphatic rings. The van der Waals surface area contributed by atoms with Crippen molar-refractivity contribution in [1.29, 1.82) is 0 Å². The van der Waals surface area contributed by atoms with Gasteiger partial charge in [0, 0.05) is 30.5 Å². The Labute approximate surface area is 142 Å². The summed E-state index contributed by atoms with van der Waals surface area (Å²) in [5, 5.41) is 8.92. The predicted molar refractivity (Wildman–Crippen MR) is 92.8 cm³/mol. The van der Waals surface area contributed by atoms with E-state index in [1.807, 2.05) is 30.3 Å². The molecule has 1 atom stereocenters. The van der Waals surface area contributed by atoms with Crippen LogP contribution in [0.3, 0.4) is 0 Å². The molecule has 0 N–H and O–H groups in total. The maximum absolute atomic E-state index is 4.58. The van der Waals surface area contributed by atoms with Crippen molar-refractivity contribution in [2.45, 2.75) is 46.8 Å². The molecular weight excluding hydrogens is 312 g/mol. The molecule has 0 saturated heterocycles. The molecule has 124 valence electrons. The van der Waals surface area contributed by atoms with Crippen LogP contribution in [-0.2, 0) is 13.1 Å². The standard InChI is InChI=1S/C16H22N6.ClH/c1-5-21-10-15(7-18-21)16-8-17-11-20(16)9-14(4)22-13(3)6-12(2)19-22;/h6-8,10-11,14H,5,9H2,1-4H3;1H. The molecule has 3 heterocycles. The SMILES string of the molecule is CCn1cc(-c2cncn2CC(C)n2nc(C)cc2C)cn1.Cl. The average molecular weight is 335 g/mol. The summed E-state index contributed by atoms with van der Waals surface area (Å²) in [6.45, 7) is 10.1. The van der Waals surface area contributed by atoms with Gasteiger partial charge in [-0.2, -0.15) is 10.2 Å². The van der Waals surface area contributed by atoms with Crippen LogP contribution in [0.1, 0.15) is 31.3 Å². The zero-order valence-corrected chi connectivity index (χ0v) is 14.8. The van der Waals surface area contributed by atoms with Crippen LogP contribution in [0.4, 0.5) is 0 Å². The van der Waals surface area contributed by atoms with E-state index in [2.05, 4.69) is 57.5 Å². The molecule has 0 spiro atoms. The lowest BCUT2D eigenvalue weighted by molar-refractivity contribution is 0.418. The third-order valence-corrected chi connectivity index (χ3v) is 3.89. The van der Waals surface area contributed by atoms with Crippen LogP contribution in [0.2, 0.25) is 0 Å². The summed E-state index contributed by atoms with van der Waals surface area (Å²) >= 11 is 0. The van der Waals surface area contributed by atoms with Crippen LogP contribution in [0.25, 0.3) is 11.3 Å². The first-order valence-corrected chi connectivity index (χ1v) is 7.64. The molecule has 7 heteroatoms. The molecule has 3 aromatic rings. The van der Waals surface area contributed by atoms with Crippen molar-refractivity contribution < 1.29 is 0 Å². The van der Waals surface area contributed by atoms with Gasteiger partial charge in [0.05, 0.1) is 36.2 Å².